The van der Waals surface area contributed by atoms with Gasteiger partial charge in [0.25, 0.3) is 5.56 Å². The average Bonchev–Trinajstić information content (AvgIpc) is 2.93. The molecule has 0 aromatic carbocycles. The fourth-order valence-corrected chi connectivity index (χ4v) is 2.06. The summed E-state index contributed by atoms with van der Waals surface area (Å²) < 4.78 is 0.673. The van der Waals surface area contributed by atoms with Gasteiger partial charge >= 0.3 is 0 Å². The van der Waals surface area contributed by atoms with Crippen LogP contribution in [0.5, 0.6) is 0 Å². The molecule has 3 nitrogen and oxygen atoms in total. The number of hydrogen-bond acceptors (Lipinski definition) is 3. The lowest BCUT2D eigenvalue weighted by Crippen LogP contribution is -2.08. The van der Waals surface area contributed by atoms with Crippen molar-refractivity contribution in [3.05, 3.63) is 27.6 Å². The minimum atomic E-state index is -0.0879. The van der Waals surface area contributed by atoms with Crippen molar-refractivity contribution in [2.24, 2.45) is 5.92 Å². The third-order valence-corrected chi connectivity index (χ3v) is 3.19. The van der Waals surface area contributed by atoms with Crippen molar-refractivity contribution in [1.29, 1.82) is 0 Å². The van der Waals surface area contributed by atoms with Crippen LogP contribution in [-0.2, 0) is 0 Å². The van der Waals surface area contributed by atoms with E-state index in [9.17, 15) is 4.79 Å². The summed E-state index contributed by atoms with van der Waals surface area (Å²) in [5.41, 5.74) is 0.652. The first-order valence-corrected chi connectivity index (χ1v) is 5.70. The monoisotopic (exact) mass is 216 g/mol. The number of thiophene rings is 1. The van der Waals surface area contributed by atoms with Gasteiger partial charge in [0.2, 0.25) is 0 Å². The summed E-state index contributed by atoms with van der Waals surface area (Å²) in [5, 5.41) is 1.87. The molecule has 1 N–H and O–H groups in total. The number of aromatic nitrogens is 2. The van der Waals surface area contributed by atoms with Crippen LogP contribution in [0.4, 0.5) is 0 Å². The van der Waals surface area contributed by atoms with Gasteiger partial charge in [-0.25, -0.2) is 4.98 Å². The molecule has 0 amide bonds. The molecule has 3 rings (SSSR count). The van der Waals surface area contributed by atoms with Crippen molar-refractivity contribution in [1.82, 2.24) is 9.97 Å². The fourth-order valence-electron chi connectivity index (χ4n) is 1.33. The van der Waals surface area contributed by atoms with Gasteiger partial charge in [0, 0.05) is 5.92 Å². The summed E-state index contributed by atoms with van der Waals surface area (Å²) in [6.07, 6.45) is 2.36. The summed E-state index contributed by atoms with van der Waals surface area (Å²) in [5.74, 6) is 7.00. The van der Waals surface area contributed by atoms with Crippen LogP contribution in [0.3, 0.4) is 0 Å². The summed E-state index contributed by atoms with van der Waals surface area (Å²) in [6.45, 7) is 0. The molecular formula is C11H8N2OS. The largest absolute Gasteiger partial charge is 0.299 e. The second kappa shape index (κ2) is 3.21. The van der Waals surface area contributed by atoms with Gasteiger partial charge < -0.3 is 0 Å². The van der Waals surface area contributed by atoms with Crippen LogP contribution in [0.2, 0.25) is 0 Å². The zero-order valence-electron chi connectivity index (χ0n) is 7.91. The Morgan fingerprint density at radius 1 is 1.53 bits per heavy atom. The first-order valence-electron chi connectivity index (χ1n) is 4.82. The van der Waals surface area contributed by atoms with Gasteiger partial charge in [-0.05, 0) is 30.2 Å². The Balaban J connectivity index is 2.12. The molecule has 0 radical (unpaired) electrons. The highest BCUT2D eigenvalue weighted by Crippen LogP contribution is 2.27. The van der Waals surface area contributed by atoms with Crippen LogP contribution in [-0.4, -0.2) is 9.97 Å². The third-order valence-electron chi connectivity index (χ3n) is 2.29. The summed E-state index contributed by atoms with van der Waals surface area (Å²) in [7, 11) is 0. The highest BCUT2D eigenvalue weighted by atomic mass is 32.1. The molecule has 4 heteroatoms. The Hall–Kier alpha value is -1.60. The molecule has 74 valence electrons. The zero-order chi connectivity index (χ0) is 10.3. The summed E-state index contributed by atoms with van der Waals surface area (Å²) in [4.78, 5) is 18.5. The topological polar surface area (TPSA) is 45.8 Å². The van der Waals surface area contributed by atoms with Gasteiger partial charge in [-0.3, -0.25) is 9.78 Å². The van der Waals surface area contributed by atoms with E-state index in [0.717, 1.165) is 5.52 Å². The van der Waals surface area contributed by atoms with Crippen molar-refractivity contribution >= 4 is 21.6 Å². The maximum Gasteiger partial charge on any atom is 0.269 e. The normalized spacial score (nSPS) is 14.9. The van der Waals surface area contributed by atoms with Crippen LogP contribution < -0.4 is 5.56 Å². The Morgan fingerprint density at radius 3 is 3.20 bits per heavy atom. The van der Waals surface area contributed by atoms with Crippen LogP contribution in [0.1, 0.15) is 18.7 Å². The predicted molar refractivity (Wildman–Crippen MR) is 59.8 cm³/mol. The number of rotatable bonds is 0. The summed E-state index contributed by atoms with van der Waals surface area (Å²) in [6, 6.07) is 1.84. The molecule has 1 saturated carbocycles. The van der Waals surface area contributed by atoms with E-state index in [2.05, 4.69) is 21.8 Å². The van der Waals surface area contributed by atoms with E-state index in [4.69, 9.17) is 0 Å². The van der Waals surface area contributed by atoms with Crippen LogP contribution in [0, 0.1) is 17.8 Å². The second-order valence-electron chi connectivity index (χ2n) is 3.59. The molecule has 1 aliphatic carbocycles. The van der Waals surface area contributed by atoms with Crippen LogP contribution >= 0.6 is 11.3 Å². The number of H-pyrrole nitrogens is 1. The number of aromatic amines is 1. The Bertz CT molecular complexity index is 625. The van der Waals surface area contributed by atoms with E-state index in [1.165, 1.54) is 24.2 Å². The smallest absolute Gasteiger partial charge is 0.269 e. The molecule has 1 fully saturated rings. The molecule has 0 aliphatic heterocycles. The average molecular weight is 216 g/mol. The molecule has 15 heavy (non-hydrogen) atoms. The van der Waals surface area contributed by atoms with Crippen molar-refractivity contribution in [2.75, 3.05) is 0 Å². The third kappa shape index (κ3) is 1.66. The molecule has 2 aromatic heterocycles. The lowest BCUT2D eigenvalue weighted by molar-refractivity contribution is 1.13. The van der Waals surface area contributed by atoms with E-state index >= 15 is 0 Å². The number of fused-ring (bicyclic) bond motifs is 1. The first-order chi connectivity index (χ1) is 7.33. The fraction of sp³-hybridized carbons (Fsp3) is 0.273. The van der Waals surface area contributed by atoms with Crippen molar-refractivity contribution in [3.8, 4) is 11.8 Å². The zero-order valence-corrected chi connectivity index (χ0v) is 8.73. The molecule has 0 saturated heterocycles. The second-order valence-corrected chi connectivity index (χ2v) is 4.51. The van der Waals surface area contributed by atoms with Crippen LogP contribution in [0.25, 0.3) is 10.2 Å². The van der Waals surface area contributed by atoms with Gasteiger partial charge in [-0.1, -0.05) is 5.92 Å². The highest BCUT2D eigenvalue weighted by Gasteiger charge is 2.17. The van der Waals surface area contributed by atoms with Crippen molar-refractivity contribution in [3.63, 3.8) is 0 Å². The van der Waals surface area contributed by atoms with E-state index in [1.54, 1.807) is 0 Å². The maximum absolute atomic E-state index is 11.6. The molecule has 0 unspecified atom stereocenters. The lowest BCUT2D eigenvalue weighted by Gasteiger charge is -1.90. The minimum absolute atomic E-state index is 0.0879. The van der Waals surface area contributed by atoms with Gasteiger partial charge in [0.15, 0.2) is 5.82 Å². The molecule has 0 atom stereocenters. The standard InChI is InChI=1S/C11H8N2OS/c14-11-10-8(5-6-15-10)12-9(13-11)4-3-7-1-2-7/h5-7H,1-2H2,(H,12,13,14). The first kappa shape index (κ1) is 8.69. The molecule has 2 aromatic rings. The molecule has 0 spiro atoms. The molecular weight excluding hydrogens is 208 g/mol. The predicted octanol–water partition coefficient (Wildman–Crippen LogP) is 1.75. The molecule has 2 heterocycles. The Labute approximate surface area is 90.2 Å². The molecule has 1 aliphatic rings. The van der Waals surface area contributed by atoms with Gasteiger partial charge in [-0.15, -0.1) is 11.3 Å². The maximum atomic E-state index is 11.6. The van der Waals surface area contributed by atoms with Crippen molar-refractivity contribution in [2.45, 2.75) is 12.8 Å². The van der Waals surface area contributed by atoms with Crippen molar-refractivity contribution < 1.29 is 0 Å². The number of nitrogens with one attached hydrogen (secondary N) is 1. The number of hydrogen-bond donors (Lipinski definition) is 1. The lowest BCUT2D eigenvalue weighted by atomic mass is 10.4. The van der Waals surface area contributed by atoms with E-state index in [0.29, 0.717) is 16.4 Å². The molecule has 0 bridgehead atoms. The highest BCUT2D eigenvalue weighted by molar-refractivity contribution is 7.17. The van der Waals surface area contributed by atoms with Gasteiger partial charge in [0.05, 0.1) is 5.52 Å². The van der Waals surface area contributed by atoms with Gasteiger partial charge in [0.1, 0.15) is 4.70 Å². The van der Waals surface area contributed by atoms with E-state index < -0.39 is 0 Å². The number of nitrogens with zero attached hydrogens (tertiary/aromatic N) is 1. The van der Waals surface area contributed by atoms with E-state index in [-0.39, 0.29) is 5.56 Å². The SMILES string of the molecule is O=c1[nH]c(C#CC2CC2)nc2ccsc12. The summed E-state index contributed by atoms with van der Waals surface area (Å²) >= 11 is 1.40. The Morgan fingerprint density at radius 2 is 2.40 bits per heavy atom. The van der Waals surface area contributed by atoms with Crippen LogP contribution in [0.15, 0.2) is 16.2 Å². The Kier molecular flexibility index (Phi) is 1.86. The van der Waals surface area contributed by atoms with E-state index in [1.807, 2.05) is 11.4 Å². The minimum Gasteiger partial charge on any atom is -0.299 e. The van der Waals surface area contributed by atoms with Gasteiger partial charge in [-0.2, -0.15) is 0 Å². The quantitative estimate of drug-likeness (QED) is 0.682.